The lowest BCUT2D eigenvalue weighted by Crippen LogP contribution is -2.16. The zero-order valence-corrected chi connectivity index (χ0v) is 23.8. The molecular formula is C29H26N2O10S. The molecule has 2 N–H and O–H groups in total. The number of ether oxygens (including phenoxy) is 5. The number of Topliss-reactive ketones (excluding diaryl/α,β-unsaturated/α-hetero) is 1. The second kappa shape index (κ2) is 13.0. The summed E-state index contributed by atoms with van der Waals surface area (Å²) in [6.07, 6.45) is -0.247. The van der Waals surface area contributed by atoms with Gasteiger partial charge in [-0.15, -0.1) is 0 Å². The molecule has 0 spiro atoms. The molecule has 13 heteroatoms. The first-order valence-corrected chi connectivity index (χ1v) is 13.0. The summed E-state index contributed by atoms with van der Waals surface area (Å²) in [4.78, 5) is 38.4. The fraction of sp³-hybridized carbons (Fsp3) is 0.207. The van der Waals surface area contributed by atoms with Gasteiger partial charge in [0.2, 0.25) is 5.75 Å². The number of aromatic nitrogens is 2. The zero-order valence-electron chi connectivity index (χ0n) is 23.0. The lowest BCUT2D eigenvalue weighted by Gasteiger charge is -2.18. The largest absolute Gasteiger partial charge is 0.497 e. The Labute approximate surface area is 244 Å². The van der Waals surface area contributed by atoms with Crippen LogP contribution in [0, 0.1) is 0 Å². The number of hydrogen-bond acceptors (Lipinski definition) is 11. The maximum absolute atomic E-state index is 14.3. The van der Waals surface area contributed by atoms with Crippen LogP contribution in [0.3, 0.4) is 0 Å². The van der Waals surface area contributed by atoms with E-state index >= 15 is 0 Å². The molecule has 0 radical (unpaired) electrons. The monoisotopic (exact) mass is 594 g/mol. The van der Waals surface area contributed by atoms with Crippen LogP contribution in [0.25, 0.3) is 16.6 Å². The first-order valence-electron chi connectivity index (χ1n) is 12.3. The molecule has 0 aliphatic rings. The van der Waals surface area contributed by atoms with Gasteiger partial charge in [-0.1, -0.05) is 12.1 Å². The van der Waals surface area contributed by atoms with Crippen molar-refractivity contribution in [3.63, 3.8) is 0 Å². The van der Waals surface area contributed by atoms with Crippen molar-refractivity contribution in [2.75, 3.05) is 35.0 Å². The summed E-state index contributed by atoms with van der Waals surface area (Å²) < 4.78 is 35.3. The van der Waals surface area contributed by atoms with Crippen molar-refractivity contribution in [2.24, 2.45) is 0 Å². The van der Waals surface area contributed by atoms with Crippen molar-refractivity contribution in [3.8, 4) is 28.7 Å². The number of carbonyl (C=O) groups excluding carboxylic acids is 1. The molecule has 0 saturated heterocycles. The van der Waals surface area contributed by atoms with Crippen LogP contribution in [-0.4, -0.2) is 71.7 Å². The smallest absolute Gasteiger partial charge is 0.341 e. The summed E-state index contributed by atoms with van der Waals surface area (Å²) in [7, 11) is 5.64. The van der Waals surface area contributed by atoms with Crippen LogP contribution in [-0.2, 0) is 16.0 Å². The summed E-state index contributed by atoms with van der Waals surface area (Å²) >= 11 is 0.974. The second-order valence-electron chi connectivity index (χ2n) is 8.70. The van der Waals surface area contributed by atoms with E-state index in [2.05, 4.69) is 8.75 Å². The molecule has 0 aliphatic carbocycles. The molecule has 3 aromatic carbocycles. The topological polar surface area (TPSA) is 164 Å². The van der Waals surface area contributed by atoms with Gasteiger partial charge in [-0.25, -0.2) is 9.59 Å². The molecule has 218 valence electrons. The number of fused-ring (bicyclic) bond motifs is 1. The highest BCUT2D eigenvalue weighted by atomic mass is 32.1. The Balaban J connectivity index is 1.97. The number of rotatable bonds is 13. The number of hydrogen-bond donors (Lipinski definition) is 2. The Bertz CT molecular complexity index is 1670. The van der Waals surface area contributed by atoms with E-state index in [1.54, 1.807) is 30.3 Å². The number of methoxy groups -OCH3 is 4. The number of ketones is 1. The van der Waals surface area contributed by atoms with Gasteiger partial charge in [0.1, 0.15) is 22.5 Å². The minimum atomic E-state index is -1.37. The van der Waals surface area contributed by atoms with Gasteiger partial charge < -0.3 is 33.9 Å². The van der Waals surface area contributed by atoms with Crippen molar-refractivity contribution < 1.29 is 48.3 Å². The number of nitrogens with zero attached hydrogens (tertiary/aromatic N) is 2. The first-order chi connectivity index (χ1) is 20.2. The van der Waals surface area contributed by atoms with Crippen molar-refractivity contribution >= 4 is 46.1 Å². The number of carboxylic acids is 2. The molecule has 0 atom stereocenters. The van der Waals surface area contributed by atoms with Gasteiger partial charge in [0.05, 0.1) is 45.7 Å². The Hall–Kier alpha value is -5.17. The van der Waals surface area contributed by atoms with Gasteiger partial charge in [0.25, 0.3) is 0 Å². The zero-order chi connectivity index (χ0) is 30.4. The average molecular weight is 595 g/mol. The third-order valence-corrected chi connectivity index (χ3v) is 6.81. The normalized spacial score (nSPS) is 11.4. The Morgan fingerprint density at radius 1 is 0.762 bits per heavy atom. The lowest BCUT2D eigenvalue weighted by atomic mass is 9.88. The standard InChI is InChI=1S/C29H26N2O10S/c1-37-18-7-5-15(22(13-18)41-14-25(32)33)9-19(26(29(35)36)16-6-8-20-21(10-16)31-42-30-20)27(34)17-11-23(38-2)28(40-4)24(12-17)39-3/h5-8,10-13H,9,14H2,1-4H3,(H,32,33)(H,35,36). The lowest BCUT2D eigenvalue weighted by molar-refractivity contribution is -0.139. The second-order valence-corrected chi connectivity index (χ2v) is 9.23. The Kier molecular flexibility index (Phi) is 9.22. The van der Waals surface area contributed by atoms with Crippen LogP contribution in [0.2, 0.25) is 0 Å². The van der Waals surface area contributed by atoms with Crippen molar-refractivity contribution in [2.45, 2.75) is 6.42 Å². The highest BCUT2D eigenvalue weighted by molar-refractivity contribution is 7.00. The summed E-state index contributed by atoms with van der Waals surface area (Å²) in [6, 6.07) is 12.2. The molecule has 0 amide bonds. The highest BCUT2D eigenvalue weighted by Gasteiger charge is 2.27. The summed E-state index contributed by atoms with van der Waals surface area (Å²) in [5.41, 5.74) is 1.27. The molecule has 1 aromatic heterocycles. The molecule has 0 aliphatic heterocycles. The number of carbonyl (C=O) groups is 3. The maximum Gasteiger partial charge on any atom is 0.341 e. The molecule has 0 bridgehead atoms. The maximum atomic E-state index is 14.3. The number of benzene rings is 3. The predicted molar refractivity (Wildman–Crippen MR) is 152 cm³/mol. The molecule has 12 nitrogen and oxygen atoms in total. The third kappa shape index (κ3) is 6.25. The van der Waals surface area contributed by atoms with Crippen LogP contribution in [0.1, 0.15) is 21.5 Å². The van der Waals surface area contributed by atoms with E-state index in [0.717, 1.165) is 11.7 Å². The molecule has 42 heavy (non-hydrogen) atoms. The van der Waals surface area contributed by atoms with Crippen LogP contribution >= 0.6 is 11.7 Å². The van der Waals surface area contributed by atoms with Crippen molar-refractivity contribution in [1.82, 2.24) is 8.75 Å². The fourth-order valence-corrected chi connectivity index (χ4v) is 4.82. The van der Waals surface area contributed by atoms with Crippen molar-refractivity contribution in [1.29, 1.82) is 0 Å². The third-order valence-electron chi connectivity index (χ3n) is 6.25. The summed E-state index contributed by atoms with van der Waals surface area (Å²) in [5, 5.41) is 19.7. The Morgan fingerprint density at radius 2 is 1.45 bits per heavy atom. The van der Waals surface area contributed by atoms with E-state index in [1.807, 2.05) is 0 Å². The molecule has 1 heterocycles. The quantitative estimate of drug-likeness (QED) is 0.168. The van der Waals surface area contributed by atoms with Gasteiger partial charge in [-0.2, -0.15) is 8.75 Å². The van der Waals surface area contributed by atoms with Crippen molar-refractivity contribution in [3.05, 3.63) is 70.8 Å². The van der Waals surface area contributed by atoms with Gasteiger partial charge in [0.15, 0.2) is 23.9 Å². The minimum absolute atomic E-state index is 0.0659. The van der Waals surface area contributed by atoms with E-state index in [0.29, 0.717) is 22.3 Å². The average Bonchev–Trinajstić information content (AvgIpc) is 3.46. The SMILES string of the molecule is COc1ccc(CC(C(=O)c2cc(OC)c(OC)c(OC)c2)=C(C(=O)O)c2ccc3nsnc3c2)c(OCC(=O)O)c1. The molecule has 4 rings (SSSR count). The number of aliphatic carboxylic acids is 2. The van der Waals surface area contributed by atoms with Crippen LogP contribution < -0.4 is 23.7 Å². The summed E-state index contributed by atoms with van der Waals surface area (Å²) in [6.45, 7) is -0.667. The Morgan fingerprint density at radius 3 is 2.05 bits per heavy atom. The van der Waals surface area contributed by atoms with E-state index in [4.69, 9.17) is 23.7 Å². The fourth-order valence-electron chi connectivity index (χ4n) is 4.31. The molecule has 0 saturated carbocycles. The summed E-state index contributed by atoms with van der Waals surface area (Å²) in [5.74, 6) is -2.11. The van der Waals surface area contributed by atoms with E-state index in [9.17, 15) is 24.6 Å². The minimum Gasteiger partial charge on any atom is -0.497 e. The van der Waals surface area contributed by atoms with Gasteiger partial charge in [-0.05, 0) is 41.5 Å². The molecule has 0 fully saturated rings. The number of carboxylic acid groups (broad SMARTS) is 2. The highest BCUT2D eigenvalue weighted by Crippen LogP contribution is 2.40. The predicted octanol–water partition coefficient (Wildman–Crippen LogP) is 4.15. The van der Waals surface area contributed by atoms with Crippen LogP contribution in [0.15, 0.2) is 54.1 Å². The van der Waals surface area contributed by atoms with E-state index in [-0.39, 0.29) is 51.7 Å². The van der Waals surface area contributed by atoms with E-state index in [1.165, 1.54) is 46.6 Å². The van der Waals surface area contributed by atoms with E-state index < -0.39 is 24.3 Å². The van der Waals surface area contributed by atoms with Gasteiger partial charge >= 0.3 is 11.9 Å². The number of allylic oxidation sites excluding steroid dienone is 1. The van der Waals surface area contributed by atoms with Crippen LogP contribution in [0.5, 0.6) is 28.7 Å². The first kappa shape index (κ1) is 29.8. The molecule has 4 aromatic rings. The van der Waals surface area contributed by atoms with Gasteiger partial charge in [-0.3, -0.25) is 4.79 Å². The van der Waals surface area contributed by atoms with Gasteiger partial charge in [0, 0.05) is 23.6 Å². The molecular weight excluding hydrogens is 568 g/mol. The van der Waals surface area contributed by atoms with Crippen LogP contribution in [0.4, 0.5) is 0 Å². The molecule has 0 unspecified atom stereocenters.